The molecule has 5 nitrogen and oxygen atoms in total. The first-order valence-corrected chi connectivity index (χ1v) is 8.36. The number of likely N-dealkylation sites (tertiary alicyclic amines) is 1. The van der Waals surface area contributed by atoms with Crippen LogP contribution < -0.4 is 10.6 Å². The summed E-state index contributed by atoms with van der Waals surface area (Å²) in [4.78, 5) is 28.3. The van der Waals surface area contributed by atoms with E-state index in [4.69, 9.17) is 5.73 Å². The van der Waals surface area contributed by atoms with Gasteiger partial charge in [-0.2, -0.15) is 0 Å². The van der Waals surface area contributed by atoms with Crippen molar-refractivity contribution < 1.29 is 9.59 Å². The van der Waals surface area contributed by atoms with Gasteiger partial charge in [-0.3, -0.25) is 9.59 Å². The lowest BCUT2D eigenvalue weighted by Gasteiger charge is -2.21. The van der Waals surface area contributed by atoms with E-state index in [1.54, 1.807) is 9.80 Å². The molecule has 2 saturated heterocycles. The Balaban J connectivity index is 1.72. The maximum Gasteiger partial charge on any atom is 0.228 e. The SMILES string of the molecule is Cc1cc(N2CC(C(=O)N3CC[C@@H](N)C3)CC2=O)ccc1Br. The lowest BCUT2D eigenvalue weighted by Crippen LogP contribution is -2.37. The number of aryl methyl sites for hydroxylation is 1. The number of carbonyl (C=O) groups excluding carboxylic acids is 2. The van der Waals surface area contributed by atoms with E-state index in [0.717, 1.165) is 22.1 Å². The molecule has 2 aliphatic heterocycles. The van der Waals surface area contributed by atoms with Gasteiger partial charge in [-0.05, 0) is 37.1 Å². The molecule has 0 aromatic heterocycles. The Morgan fingerprint density at radius 3 is 2.77 bits per heavy atom. The van der Waals surface area contributed by atoms with Crippen molar-refractivity contribution in [3.8, 4) is 0 Å². The zero-order valence-electron chi connectivity index (χ0n) is 12.6. The summed E-state index contributed by atoms with van der Waals surface area (Å²) < 4.78 is 1.02. The molecule has 6 heteroatoms. The summed E-state index contributed by atoms with van der Waals surface area (Å²) >= 11 is 3.46. The van der Waals surface area contributed by atoms with E-state index in [-0.39, 0.29) is 23.8 Å². The van der Waals surface area contributed by atoms with Gasteiger partial charge in [0.1, 0.15) is 0 Å². The zero-order valence-corrected chi connectivity index (χ0v) is 14.2. The van der Waals surface area contributed by atoms with Gasteiger partial charge in [-0.15, -0.1) is 0 Å². The van der Waals surface area contributed by atoms with Crippen LogP contribution in [0.4, 0.5) is 5.69 Å². The second-order valence-corrected chi connectivity index (χ2v) is 7.03. The predicted molar refractivity (Wildman–Crippen MR) is 88.5 cm³/mol. The number of hydrogen-bond acceptors (Lipinski definition) is 3. The highest BCUT2D eigenvalue weighted by Gasteiger charge is 2.38. The second-order valence-electron chi connectivity index (χ2n) is 6.17. The van der Waals surface area contributed by atoms with Crippen LogP contribution in [0.1, 0.15) is 18.4 Å². The molecule has 2 amide bonds. The minimum Gasteiger partial charge on any atom is -0.341 e. The first-order chi connectivity index (χ1) is 10.5. The van der Waals surface area contributed by atoms with E-state index in [1.807, 2.05) is 25.1 Å². The third-order valence-corrected chi connectivity index (χ3v) is 5.35. The summed E-state index contributed by atoms with van der Waals surface area (Å²) in [7, 11) is 0. The fourth-order valence-electron chi connectivity index (χ4n) is 3.16. The van der Waals surface area contributed by atoms with Crippen molar-refractivity contribution >= 4 is 33.4 Å². The molecule has 2 atom stereocenters. The highest BCUT2D eigenvalue weighted by molar-refractivity contribution is 9.10. The molecule has 0 aliphatic carbocycles. The number of nitrogens with two attached hydrogens (primary N) is 1. The third kappa shape index (κ3) is 2.90. The van der Waals surface area contributed by atoms with Gasteiger partial charge in [0.15, 0.2) is 0 Å². The van der Waals surface area contributed by atoms with Gasteiger partial charge in [-0.25, -0.2) is 0 Å². The molecule has 2 N–H and O–H groups in total. The summed E-state index contributed by atoms with van der Waals surface area (Å²) in [5, 5.41) is 0. The molecule has 3 rings (SSSR count). The molecule has 0 bridgehead atoms. The lowest BCUT2D eigenvalue weighted by atomic mass is 10.1. The average molecular weight is 366 g/mol. The Kier molecular flexibility index (Phi) is 4.23. The average Bonchev–Trinajstić information content (AvgIpc) is 3.07. The summed E-state index contributed by atoms with van der Waals surface area (Å²) in [6.45, 7) is 3.77. The number of amides is 2. The smallest absolute Gasteiger partial charge is 0.228 e. The zero-order chi connectivity index (χ0) is 15.9. The predicted octanol–water partition coefficient (Wildman–Crippen LogP) is 1.67. The molecule has 22 heavy (non-hydrogen) atoms. The van der Waals surface area contributed by atoms with Crippen LogP contribution in [0.25, 0.3) is 0 Å². The highest BCUT2D eigenvalue weighted by Crippen LogP contribution is 2.29. The first kappa shape index (κ1) is 15.5. The molecule has 118 valence electrons. The Bertz CT molecular complexity index is 619. The van der Waals surface area contributed by atoms with E-state index < -0.39 is 0 Å². The molecule has 2 fully saturated rings. The van der Waals surface area contributed by atoms with E-state index in [1.165, 1.54) is 0 Å². The van der Waals surface area contributed by atoms with Gasteiger partial charge in [0.25, 0.3) is 0 Å². The number of hydrogen-bond donors (Lipinski definition) is 1. The maximum absolute atomic E-state index is 12.5. The number of nitrogens with zero attached hydrogens (tertiary/aromatic N) is 2. The van der Waals surface area contributed by atoms with E-state index in [2.05, 4.69) is 15.9 Å². The van der Waals surface area contributed by atoms with Crippen molar-refractivity contribution in [3.05, 3.63) is 28.2 Å². The quantitative estimate of drug-likeness (QED) is 0.866. The van der Waals surface area contributed by atoms with Crippen molar-refractivity contribution in [2.24, 2.45) is 11.7 Å². The molecule has 2 heterocycles. The second kappa shape index (κ2) is 6.01. The molecule has 0 radical (unpaired) electrons. The molecule has 1 aromatic rings. The summed E-state index contributed by atoms with van der Waals surface area (Å²) in [5.74, 6) is -0.164. The number of benzene rings is 1. The molecular weight excluding hydrogens is 346 g/mol. The van der Waals surface area contributed by atoms with Crippen molar-refractivity contribution in [2.75, 3.05) is 24.5 Å². The number of carbonyl (C=O) groups is 2. The Labute approximate surface area is 138 Å². The molecule has 2 aliphatic rings. The van der Waals surface area contributed by atoms with Crippen LogP contribution in [0.5, 0.6) is 0 Å². The van der Waals surface area contributed by atoms with Crippen LogP contribution in [0.2, 0.25) is 0 Å². The Hall–Kier alpha value is -1.40. The number of anilines is 1. The van der Waals surface area contributed by atoms with Gasteiger partial charge in [0.05, 0.1) is 5.92 Å². The van der Waals surface area contributed by atoms with Crippen LogP contribution in [0, 0.1) is 12.8 Å². The summed E-state index contributed by atoms with van der Waals surface area (Å²) in [6, 6.07) is 5.90. The molecule has 1 unspecified atom stereocenters. The van der Waals surface area contributed by atoms with Crippen LogP contribution in [0.15, 0.2) is 22.7 Å². The van der Waals surface area contributed by atoms with E-state index in [0.29, 0.717) is 26.1 Å². The normalized spacial score (nSPS) is 25.1. The van der Waals surface area contributed by atoms with Crippen molar-refractivity contribution in [2.45, 2.75) is 25.8 Å². The van der Waals surface area contributed by atoms with Gasteiger partial charge in [0.2, 0.25) is 11.8 Å². The summed E-state index contributed by atoms with van der Waals surface area (Å²) in [6.07, 6.45) is 1.14. The van der Waals surface area contributed by atoms with Crippen LogP contribution in [-0.2, 0) is 9.59 Å². The van der Waals surface area contributed by atoms with Crippen LogP contribution >= 0.6 is 15.9 Å². The van der Waals surface area contributed by atoms with Gasteiger partial charge < -0.3 is 15.5 Å². The van der Waals surface area contributed by atoms with Crippen molar-refractivity contribution in [1.82, 2.24) is 4.90 Å². The minimum absolute atomic E-state index is 0.0172. The standard InChI is InChI=1S/C16H20BrN3O2/c1-10-6-13(2-3-14(10)17)20-8-11(7-15(20)21)16(22)19-5-4-12(18)9-19/h2-3,6,11-12H,4-5,7-9,18H2,1H3/t11?,12-/m1/s1. The first-order valence-electron chi connectivity index (χ1n) is 7.56. The van der Waals surface area contributed by atoms with Gasteiger partial charge in [0, 0.05) is 42.3 Å². The topological polar surface area (TPSA) is 66.6 Å². The lowest BCUT2D eigenvalue weighted by molar-refractivity contribution is -0.134. The van der Waals surface area contributed by atoms with Crippen LogP contribution in [0.3, 0.4) is 0 Å². The third-order valence-electron chi connectivity index (χ3n) is 4.46. The fraction of sp³-hybridized carbons (Fsp3) is 0.500. The Morgan fingerprint density at radius 2 is 2.14 bits per heavy atom. The fourth-order valence-corrected chi connectivity index (χ4v) is 3.41. The van der Waals surface area contributed by atoms with Gasteiger partial charge >= 0.3 is 0 Å². The highest BCUT2D eigenvalue weighted by atomic mass is 79.9. The van der Waals surface area contributed by atoms with Crippen molar-refractivity contribution in [3.63, 3.8) is 0 Å². The van der Waals surface area contributed by atoms with Gasteiger partial charge in [-0.1, -0.05) is 15.9 Å². The minimum atomic E-state index is -0.248. The monoisotopic (exact) mass is 365 g/mol. The largest absolute Gasteiger partial charge is 0.341 e. The molecule has 1 aromatic carbocycles. The van der Waals surface area contributed by atoms with E-state index in [9.17, 15) is 9.59 Å². The summed E-state index contributed by atoms with van der Waals surface area (Å²) in [5.41, 5.74) is 7.80. The Morgan fingerprint density at radius 1 is 1.36 bits per heavy atom. The van der Waals surface area contributed by atoms with Crippen LogP contribution in [-0.4, -0.2) is 42.4 Å². The van der Waals surface area contributed by atoms with Crippen molar-refractivity contribution in [1.29, 1.82) is 0 Å². The van der Waals surface area contributed by atoms with E-state index >= 15 is 0 Å². The number of rotatable bonds is 2. The maximum atomic E-state index is 12.5. The number of halogens is 1. The molecule has 0 saturated carbocycles. The molecular formula is C16H20BrN3O2. The molecule has 0 spiro atoms.